The Morgan fingerprint density at radius 3 is 1.22 bits per heavy atom. The minimum absolute atomic E-state index is 0.345. The van der Waals surface area contributed by atoms with Crippen LogP contribution in [0.25, 0.3) is 0 Å². The van der Waals surface area contributed by atoms with E-state index in [2.05, 4.69) is 83.1 Å². The van der Waals surface area contributed by atoms with E-state index < -0.39 is 5.97 Å². The fraction of sp³-hybridized carbons (Fsp3) is 0.717. The van der Waals surface area contributed by atoms with Crippen LogP contribution in [0.3, 0.4) is 0 Å². The molecule has 0 fully saturated rings. The summed E-state index contributed by atoms with van der Waals surface area (Å²) >= 11 is 0. The van der Waals surface area contributed by atoms with E-state index in [4.69, 9.17) is 9.84 Å². The van der Waals surface area contributed by atoms with Gasteiger partial charge in [0.15, 0.2) is 0 Å². The molecule has 2 aromatic carbocycles. The Kier molecular flexibility index (Phi) is 28.9. The maximum atomic E-state index is 10.3. The molecule has 0 bridgehead atoms. The summed E-state index contributed by atoms with van der Waals surface area (Å²) in [6, 6.07) is 17.2. The molecule has 2 aromatic rings. The van der Waals surface area contributed by atoms with Gasteiger partial charge in [-0.1, -0.05) is 199 Å². The number of ether oxygens (including phenoxy) is 1. The summed E-state index contributed by atoms with van der Waals surface area (Å²) in [5.41, 5.74) is 2.67. The van der Waals surface area contributed by atoms with Gasteiger partial charge in [0.25, 0.3) is 0 Å². The van der Waals surface area contributed by atoms with Crippen LogP contribution in [0, 0.1) is 11.8 Å². The van der Waals surface area contributed by atoms with Crippen molar-refractivity contribution in [1.29, 1.82) is 0 Å². The average Bonchev–Trinajstić information content (AvgIpc) is 3.07. The van der Waals surface area contributed by atoms with E-state index in [1.54, 1.807) is 0 Å². The Morgan fingerprint density at radius 2 is 0.857 bits per heavy atom. The van der Waals surface area contributed by atoms with Crippen molar-refractivity contribution in [2.75, 3.05) is 0 Å². The van der Waals surface area contributed by atoms with Crippen LogP contribution >= 0.6 is 0 Å². The second-order valence-electron chi connectivity index (χ2n) is 15.4. The first-order valence-electron chi connectivity index (χ1n) is 20.9. The molecule has 0 unspecified atom stereocenters. The fourth-order valence-corrected chi connectivity index (χ4v) is 6.48. The molecule has 0 heterocycles. The van der Waals surface area contributed by atoms with Crippen LogP contribution in [0.4, 0.5) is 0 Å². The highest BCUT2D eigenvalue weighted by atomic mass is 16.5. The number of aryl methyl sites for hydroxylation is 2. The van der Waals surface area contributed by atoms with Crippen molar-refractivity contribution in [3.63, 3.8) is 0 Å². The summed E-state index contributed by atoms with van der Waals surface area (Å²) in [5.74, 6) is 3.03. The second kappa shape index (κ2) is 31.7. The smallest absolute Gasteiger partial charge is 0.303 e. The molecule has 0 saturated heterocycles. The van der Waals surface area contributed by atoms with Crippen LogP contribution < -0.4 is 4.74 Å². The summed E-state index contributed by atoms with van der Waals surface area (Å²) in [6.45, 7) is 11.5. The molecule has 49 heavy (non-hydrogen) atoms. The van der Waals surface area contributed by atoms with Gasteiger partial charge in [-0.3, -0.25) is 4.79 Å². The van der Waals surface area contributed by atoms with Gasteiger partial charge in [0, 0.05) is 6.42 Å². The quantitative estimate of drug-likeness (QED) is 0.0837. The summed E-state index contributed by atoms with van der Waals surface area (Å²) < 4.78 is 6.43. The van der Waals surface area contributed by atoms with Crippen molar-refractivity contribution in [2.24, 2.45) is 11.8 Å². The van der Waals surface area contributed by atoms with Gasteiger partial charge in [-0.25, -0.2) is 0 Å². The Labute approximate surface area is 304 Å². The van der Waals surface area contributed by atoms with Crippen LogP contribution in [0.15, 0.2) is 48.5 Å². The Morgan fingerprint density at radius 1 is 0.510 bits per heavy atom. The number of hydrogen-bond donors (Lipinski definition) is 1. The molecule has 3 heteroatoms. The van der Waals surface area contributed by atoms with Gasteiger partial charge in [0.2, 0.25) is 0 Å². The lowest BCUT2D eigenvalue weighted by molar-refractivity contribution is -0.137. The molecule has 0 spiro atoms. The zero-order valence-electron chi connectivity index (χ0n) is 32.9. The summed E-state index contributed by atoms with van der Waals surface area (Å²) in [5, 5.41) is 8.52. The topological polar surface area (TPSA) is 46.5 Å². The first kappa shape index (κ1) is 44.7. The van der Waals surface area contributed by atoms with Gasteiger partial charge in [0.05, 0.1) is 0 Å². The number of carbonyl (C=O) groups is 1. The Hall–Kier alpha value is -2.29. The van der Waals surface area contributed by atoms with E-state index in [9.17, 15) is 4.79 Å². The number of benzene rings is 2. The minimum atomic E-state index is -0.653. The lowest BCUT2D eigenvalue weighted by atomic mass is 10.0. The number of carboxylic acid groups (broad SMARTS) is 1. The van der Waals surface area contributed by atoms with Gasteiger partial charge in [0.1, 0.15) is 11.5 Å². The van der Waals surface area contributed by atoms with Crippen molar-refractivity contribution in [2.45, 2.75) is 202 Å². The lowest BCUT2D eigenvalue weighted by Gasteiger charge is -2.14. The molecule has 0 radical (unpaired) electrons. The Balaban J connectivity index is 0.000000528. The van der Waals surface area contributed by atoms with Gasteiger partial charge in [-0.2, -0.15) is 0 Å². The van der Waals surface area contributed by atoms with Gasteiger partial charge < -0.3 is 9.84 Å². The maximum absolute atomic E-state index is 10.3. The van der Waals surface area contributed by atoms with Gasteiger partial charge >= 0.3 is 5.97 Å². The molecule has 0 atom stereocenters. The molecule has 0 aliphatic carbocycles. The highest BCUT2D eigenvalue weighted by Gasteiger charge is 2.09. The number of para-hydroxylation sites is 2. The molecule has 0 aliphatic heterocycles. The van der Waals surface area contributed by atoms with Crippen molar-refractivity contribution < 1.29 is 14.6 Å². The summed E-state index contributed by atoms with van der Waals surface area (Å²) in [4.78, 5) is 10.3. The number of carboxylic acids is 1. The van der Waals surface area contributed by atoms with E-state index in [-0.39, 0.29) is 0 Å². The second-order valence-corrected chi connectivity index (χ2v) is 15.4. The normalized spacial score (nSPS) is 11.2. The average molecular weight is 679 g/mol. The van der Waals surface area contributed by atoms with Gasteiger partial charge in [-0.05, 0) is 67.2 Å². The van der Waals surface area contributed by atoms with E-state index in [1.165, 1.54) is 146 Å². The SMILES string of the molecule is CC(C)CCCCCc1ccccc1Oc1ccccc1CCCCCC(C)C.CCCCCCCCCCCCCCCCCC(=O)O. The molecule has 0 saturated carbocycles. The van der Waals surface area contributed by atoms with E-state index >= 15 is 0 Å². The minimum Gasteiger partial charge on any atom is -0.481 e. The fourth-order valence-electron chi connectivity index (χ4n) is 6.48. The predicted molar refractivity (Wildman–Crippen MR) is 214 cm³/mol. The standard InChI is InChI=1S/C28H42O.C18H36O2/c1-23(2)15-7-5-9-17-25-19-11-13-21-27(25)29-28-22-14-12-20-26(28)18-10-6-8-16-24(3)4;1-2-3-4-5-6-7-8-9-10-11-12-13-14-15-16-17-18(19)20/h11-14,19-24H,5-10,15-18H2,1-4H3;2-17H2,1H3,(H,19,20). The molecule has 1 N–H and O–H groups in total. The third-order valence-electron chi connectivity index (χ3n) is 9.61. The third-order valence-corrected chi connectivity index (χ3v) is 9.61. The van der Waals surface area contributed by atoms with Crippen LogP contribution in [-0.4, -0.2) is 11.1 Å². The summed E-state index contributed by atoms with van der Waals surface area (Å²) in [6.07, 6.45) is 32.8. The van der Waals surface area contributed by atoms with Crippen molar-refractivity contribution >= 4 is 5.97 Å². The molecule has 0 aliphatic rings. The first-order valence-corrected chi connectivity index (χ1v) is 20.9. The lowest BCUT2D eigenvalue weighted by Crippen LogP contribution is -1.96. The molecule has 2 rings (SSSR count). The monoisotopic (exact) mass is 679 g/mol. The van der Waals surface area contributed by atoms with Crippen LogP contribution in [-0.2, 0) is 17.6 Å². The highest BCUT2D eigenvalue weighted by molar-refractivity contribution is 5.66. The zero-order valence-corrected chi connectivity index (χ0v) is 32.9. The van der Waals surface area contributed by atoms with Gasteiger partial charge in [-0.15, -0.1) is 0 Å². The molecule has 0 amide bonds. The Bertz CT molecular complexity index is 967. The number of unbranched alkanes of at least 4 members (excludes halogenated alkanes) is 18. The molecular weight excluding hydrogens is 601 g/mol. The molecule has 0 aromatic heterocycles. The van der Waals surface area contributed by atoms with Crippen LogP contribution in [0.1, 0.15) is 200 Å². The molecular formula is C46H78O3. The number of hydrogen-bond acceptors (Lipinski definition) is 2. The number of aliphatic carboxylic acids is 1. The van der Waals surface area contributed by atoms with Crippen molar-refractivity contribution in [3.8, 4) is 11.5 Å². The van der Waals surface area contributed by atoms with E-state index in [0.717, 1.165) is 49.0 Å². The maximum Gasteiger partial charge on any atom is 0.303 e. The molecule has 280 valence electrons. The van der Waals surface area contributed by atoms with E-state index in [1.807, 2.05) is 0 Å². The summed E-state index contributed by atoms with van der Waals surface area (Å²) in [7, 11) is 0. The van der Waals surface area contributed by atoms with E-state index in [0.29, 0.717) is 6.42 Å². The highest BCUT2D eigenvalue weighted by Crippen LogP contribution is 2.30. The largest absolute Gasteiger partial charge is 0.481 e. The predicted octanol–water partition coefficient (Wildman–Crippen LogP) is 15.3. The first-order chi connectivity index (χ1) is 23.8. The zero-order chi connectivity index (χ0) is 35.8. The van der Waals surface area contributed by atoms with Crippen molar-refractivity contribution in [3.05, 3.63) is 59.7 Å². The van der Waals surface area contributed by atoms with Crippen molar-refractivity contribution in [1.82, 2.24) is 0 Å². The third kappa shape index (κ3) is 27.2. The number of rotatable bonds is 30. The van der Waals surface area contributed by atoms with Crippen LogP contribution in [0.2, 0.25) is 0 Å². The molecule has 3 nitrogen and oxygen atoms in total. The van der Waals surface area contributed by atoms with Crippen LogP contribution in [0.5, 0.6) is 11.5 Å².